The van der Waals surface area contributed by atoms with E-state index in [0.29, 0.717) is 17.9 Å². The molecule has 11 nitrogen and oxygen atoms in total. The molecule has 0 saturated carbocycles. The summed E-state index contributed by atoms with van der Waals surface area (Å²) in [6.45, 7) is 1.76. The van der Waals surface area contributed by atoms with Crippen LogP contribution in [0.15, 0.2) is 0 Å². The van der Waals surface area contributed by atoms with Gasteiger partial charge in [-0.3, -0.25) is 14.7 Å². The SMILES string of the molecule is CCCS(=O)(=O)NC(=N)C1CCC2CN1C(=O)N2OS(=O)(=O)O. The molecule has 2 unspecified atom stereocenters. The van der Waals surface area contributed by atoms with E-state index in [-0.39, 0.29) is 24.6 Å². The number of amidine groups is 1. The van der Waals surface area contributed by atoms with Gasteiger partial charge in [0, 0.05) is 6.54 Å². The molecule has 2 rings (SSSR count). The number of piperidine rings is 1. The first kappa shape index (κ1) is 17.9. The molecular weight excluding hydrogens is 352 g/mol. The minimum atomic E-state index is -4.84. The summed E-state index contributed by atoms with van der Waals surface area (Å²) in [4.78, 5) is 13.3. The van der Waals surface area contributed by atoms with Crippen LogP contribution < -0.4 is 4.72 Å². The summed E-state index contributed by atoms with van der Waals surface area (Å²) in [7, 11) is -8.49. The van der Waals surface area contributed by atoms with Crippen LogP contribution in [0.3, 0.4) is 0 Å². The summed E-state index contributed by atoms with van der Waals surface area (Å²) in [5.41, 5.74) is 0. The Morgan fingerprint density at radius 2 is 2.04 bits per heavy atom. The van der Waals surface area contributed by atoms with Gasteiger partial charge in [-0.2, -0.15) is 13.5 Å². The van der Waals surface area contributed by atoms with Crippen molar-refractivity contribution >= 4 is 32.3 Å². The number of carbonyl (C=O) groups is 1. The molecule has 0 aliphatic carbocycles. The molecule has 0 aromatic heterocycles. The van der Waals surface area contributed by atoms with Crippen LogP contribution >= 0.6 is 0 Å². The number of fused-ring (bicyclic) bond motifs is 2. The van der Waals surface area contributed by atoms with Crippen LogP contribution in [0.2, 0.25) is 0 Å². The van der Waals surface area contributed by atoms with Crippen molar-refractivity contribution in [3.63, 3.8) is 0 Å². The smallest absolute Gasteiger partial charge is 0.310 e. The molecule has 2 atom stereocenters. The largest absolute Gasteiger partial charge is 0.418 e. The number of nitrogens with one attached hydrogen (secondary N) is 2. The molecule has 0 aromatic carbocycles. The number of hydrogen-bond acceptors (Lipinski definition) is 7. The Morgan fingerprint density at radius 1 is 1.39 bits per heavy atom. The Kier molecular flexibility index (Phi) is 4.84. The van der Waals surface area contributed by atoms with E-state index >= 15 is 0 Å². The molecule has 2 saturated heterocycles. The molecule has 2 fully saturated rings. The van der Waals surface area contributed by atoms with Gasteiger partial charge in [0.05, 0.1) is 17.8 Å². The van der Waals surface area contributed by atoms with E-state index in [1.807, 2.05) is 0 Å². The number of nitrogens with zero attached hydrogens (tertiary/aromatic N) is 2. The molecule has 13 heteroatoms. The standard InChI is InChI=1S/C10H18N4O7S2/c1-2-5-22(16,17)12-9(11)8-4-3-7-6-13(8)10(15)14(7)21-23(18,19)20/h7-8H,2-6H2,1H3,(H2,11,12)(H,18,19,20). The van der Waals surface area contributed by atoms with Crippen molar-refractivity contribution in [2.75, 3.05) is 12.3 Å². The lowest BCUT2D eigenvalue weighted by atomic mass is 10.0. The Hall–Kier alpha value is -1.44. The molecular formula is C10H18N4O7S2. The van der Waals surface area contributed by atoms with Crippen molar-refractivity contribution in [3.05, 3.63) is 0 Å². The first-order valence-electron chi connectivity index (χ1n) is 6.90. The van der Waals surface area contributed by atoms with Crippen LogP contribution in [0, 0.1) is 5.41 Å². The maximum Gasteiger partial charge on any atom is 0.418 e. The quantitative estimate of drug-likeness (QED) is 0.317. The Bertz CT molecular complexity index is 705. The van der Waals surface area contributed by atoms with E-state index < -0.39 is 38.5 Å². The predicted molar refractivity (Wildman–Crippen MR) is 78.3 cm³/mol. The van der Waals surface area contributed by atoms with Gasteiger partial charge in [-0.15, -0.1) is 4.28 Å². The number of urea groups is 1. The second-order valence-corrected chi connectivity index (χ2v) is 8.19. The summed E-state index contributed by atoms with van der Waals surface area (Å²) < 4.78 is 60.1. The first-order chi connectivity index (χ1) is 10.5. The Balaban J connectivity index is 2.11. The van der Waals surface area contributed by atoms with Crippen molar-refractivity contribution < 1.29 is 30.5 Å². The van der Waals surface area contributed by atoms with E-state index in [9.17, 15) is 21.6 Å². The highest BCUT2D eigenvalue weighted by Gasteiger charge is 2.48. The molecule has 132 valence electrons. The van der Waals surface area contributed by atoms with Gasteiger partial charge in [-0.05, 0) is 19.3 Å². The average molecular weight is 370 g/mol. The number of amides is 2. The van der Waals surface area contributed by atoms with Crippen molar-refractivity contribution in [1.82, 2.24) is 14.7 Å². The molecule has 2 aliphatic rings. The van der Waals surface area contributed by atoms with Gasteiger partial charge >= 0.3 is 16.4 Å². The highest BCUT2D eigenvalue weighted by molar-refractivity contribution is 7.90. The zero-order valence-electron chi connectivity index (χ0n) is 12.3. The molecule has 0 spiro atoms. The minimum absolute atomic E-state index is 0.0803. The third-order valence-electron chi connectivity index (χ3n) is 3.57. The molecule has 2 amide bonds. The van der Waals surface area contributed by atoms with E-state index in [1.54, 1.807) is 6.92 Å². The molecule has 0 aromatic rings. The second kappa shape index (κ2) is 6.22. The molecule has 0 radical (unpaired) electrons. The summed E-state index contributed by atoms with van der Waals surface area (Å²) in [6, 6.07) is -2.24. The fourth-order valence-corrected chi connectivity index (χ4v) is 4.19. The maximum atomic E-state index is 12.1. The van der Waals surface area contributed by atoms with Crippen LogP contribution in [-0.4, -0.2) is 67.6 Å². The topological polar surface area (TPSA) is 157 Å². The van der Waals surface area contributed by atoms with Gasteiger partial charge in [-0.25, -0.2) is 13.2 Å². The van der Waals surface area contributed by atoms with Crippen LogP contribution in [0.1, 0.15) is 26.2 Å². The van der Waals surface area contributed by atoms with Gasteiger partial charge in [-0.1, -0.05) is 6.92 Å². The summed E-state index contributed by atoms with van der Waals surface area (Å²) >= 11 is 0. The van der Waals surface area contributed by atoms with E-state index in [4.69, 9.17) is 9.96 Å². The zero-order valence-corrected chi connectivity index (χ0v) is 13.9. The number of hydrogen-bond donors (Lipinski definition) is 3. The fourth-order valence-electron chi connectivity index (χ4n) is 2.69. The normalized spacial score (nSPS) is 24.9. The predicted octanol–water partition coefficient (Wildman–Crippen LogP) is -0.704. The van der Waals surface area contributed by atoms with Gasteiger partial charge in [0.15, 0.2) is 0 Å². The molecule has 23 heavy (non-hydrogen) atoms. The number of rotatable bonds is 6. The molecule has 2 bridgehead atoms. The fraction of sp³-hybridized carbons (Fsp3) is 0.800. The lowest BCUT2D eigenvalue weighted by Crippen LogP contribution is -2.51. The van der Waals surface area contributed by atoms with Gasteiger partial charge in [0.25, 0.3) is 0 Å². The monoisotopic (exact) mass is 370 g/mol. The lowest BCUT2D eigenvalue weighted by Gasteiger charge is -2.30. The number of hydroxylamine groups is 2. The number of sulfonamides is 1. The summed E-state index contributed by atoms with van der Waals surface area (Å²) in [5.74, 6) is -0.490. The van der Waals surface area contributed by atoms with Gasteiger partial charge in [0.1, 0.15) is 5.84 Å². The highest BCUT2D eigenvalue weighted by Crippen LogP contribution is 2.30. The van der Waals surface area contributed by atoms with E-state index in [1.165, 1.54) is 0 Å². The van der Waals surface area contributed by atoms with Crippen LogP contribution in [-0.2, 0) is 24.7 Å². The third kappa shape index (κ3) is 4.10. The van der Waals surface area contributed by atoms with Gasteiger partial charge < -0.3 is 4.90 Å². The highest BCUT2D eigenvalue weighted by atomic mass is 32.3. The zero-order chi connectivity index (χ0) is 17.4. The third-order valence-corrected chi connectivity index (χ3v) is 5.39. The first-order valence-corrected chi connectivity index (χ1v) is 9.91. The van der Waals surface area contributed by atoms with Crippen molar-refractivity contribution in [2.24, 2.45) is 0 Å². The lowest BCUT2D eigenvalue weighted by molar-refractivity contribution is -0.0316. The van der Waals surface area contributed by atoms with Crippen molar-refractivity contribution in [2.45, 2.75) is 38.3 Å². The second-order valence-electron chi connectivity index (χ2n) is 5.34. The molecule has 2 aliphatic heterocycles. The van der Waals surface area contributed by atoms with Crippen LogP contribution in [0.5, 0.6) is 0 Å². The van der Waals surface area contributed by atoms with Crippen molar-refractivity contribution in [1.29, 1.82) is 5.41 Å². The Labute approximate surface area is 134 Å². The van der Waals surface area contributed by atoms with Crippen molar-refractivity contribution in [3.8, 4) is 0 Å². The average Bonchev–Trinajstić information content (AvgIpc) is 2.62. The maximum absolute atomic E-state index is 12.1. The molecule has 2 heterocycles. The van der Waals surface area contributed by atoms with E-state index in [2.05, 4.69) is 9.01 Å². The summed E-state index contributed by atoms with van der Waals surface area (Å²) in [6.07, 6.45) is 0.962. The van der Waals surface area contributed by atoms with Gasteiger partial charge in [0.2, 0.25) is 10.0 Å². The molecule has 3 N–H and O–H groups in total. The Morgan fingerprint density at radius 3 is 2.61 bits per heavy atom. The summed E-state index contributed by atoms with van der Waals surface area (Å²) in [5, 5.41) is 8.44. The number of carbonyl (C=O) groups excluding carboxylic acids is 1. The minimum Gasteiger partial charge on any atom is -0.310 e. The van der Waals surface area contributed by atoms with Crippen LogP contribution in [0.4, 0.5) is 4.79 Å². The van der Waals surface area contributed by atoms with Crippen LogP contribution in [0.25, 0.3) is 0 Å². The van der Waals surface area contributed by atoms with E-state index in [0.717, 1.165) is 4.90 Å².